The van der Waals surface area contributed by atoms with Crippen LogP contribution in [0.4, 0.5) is 11.4 Å². The van der Waals surface area contributed by atoms with Crippen molar-refractivity contribution in [3.8, 4) is 11.3 Å². The summed E-state index contributed by atoms with van der Waals surface area (Å²) < 4.78 is 2.33. The van der Waals surface area contributed by atoms with E-state index < -0.39 is 0 Å². The van der Waals surface area contributed by atoms with Crippen LogP contribution in [0.2, 0.25) is 0 Å². The summed E-state index contributed by atoms with van der Waals surface area (Å²) in [6.45, 7) is 12.7. The maximum absolute atomic E-state index is 13.0. The van der Waals surface area contributed by atoms with Crippen molar-refractivity contribution in [1.29, 1.82) is 0 Å². The summed E-state index contributed by atoms with van der Waals surface area (Å²) in [5, 5.41) is 9.65. The van der Waals surface area contributed by atoms with Gasteiger partial charge in [-0.2, -0.15) is 4.57 Å². The van der Waals surface area contributed by atoms with Crippen LogP contribution in [0.25, 0.3) is 32.9 Å². The number of carbonyl (C=O) groups excluding carboxylic acids is 2. The number of amides is 2. The lowest BCUT2D eigenvalue weighted by atomic mass is 9.98. The molecule has 2 saturated heterocycles. The van der Waals surface area contributed by atoms with Crippen molar-refractivity contribution >= 4 is 44.9 Å². The molecule has 2 aliphatic heterocycles. The number of carbonyl (C=O) groups is 2. The minimum atomic E-state index is 0.0386. The number of nitrogens with one attached hydrogen (secondary N) is 2. The number of fused-ring (bicyclic) bond motifs is 3. The Morgan fingerprint density at radius 1 is 0.652 bits per heavy atom. The lowest BCUT2D eigenvalue weighted by molar-refractivity contribution is -0.655. The molecule has 0 spiro atoms. The van der Waals surface area contributed by atoms with Crippen LogP contribution >= 0.6 is 0 Å². The first kappa shape index (κ1) is 32.1. The molecular formula is C37H48N7O2+. The molecule has 0 aliphatic carbocycles. The van der Waals surface area contributed by atoms with Gasteiger partial charge in [0.2, 0.25) is 23.0 Å². The van der Waals surface area contributed by atoms with Crippen molar-refractivity contribution in [1.82, 2.24) is 19.6 Å². The highest BCUT2D eigenvalue weighted by Gasteiger charge is 2.24. The summed E-state index contributed by atoms with van der Waals surface area (Å²) in [6, 6.07) is 22.9. The number of pyridine rings is 1. The molecule has 1 aromatic heterocycles. The zero-order chi connectivity index (χ0) is 32.0. The summed E-state index contributed by atoms with van der Waals surface area (Å²) in [5.74, 6) is 0.0788. The van der Waals surface area contributed by atoms with Gasteiger partial charge in [-0.15, -0.1) is 0 Å². The third-order valence-electron chi connectivity index (χ3n) is 9.56. The molecule has 242 valence electrons. The number of piperazine rings is 2. The van der Waals surface area contributed by atoms with E-state index in [0.29, 0.717) is 12.8 Å². The first-order chi connectivity index (χ1) is 22.4. The summed E-state index contributed by atoms with van der Waals surface area (Å²) in [4.78, 5) is 35.4. The average Bonchev–Trinajstić information content (AvgIpc) is 3.07. The number of hydrogen-bond acceptors (Lipinski definition) is 6. The summed E-state index contributed by atoms with van der Waals surface area (Å²) in [6.07, 6.45) is 0.955. The molecule has 0 radical (unpaired) electrons. The van der Waals surface area contributed by atoms with E-state index in [1.54, 1.807) is 0 Å². The lowest BCUT2D eigenvalue weighted by Crippen LogP contribution is -2.45. The van der Waals surface area contributed by atoms with Gasteiger partial charge in [0.15, 0.2) is 0 Å². The first-order valence-corrected chi connectivity index (χ1v) is 16.8. The average molecular weight is 623 g/mol. The van der Waals surface area contributed by atoms with Gasteiger partial charge in [-0.1, -0.05) is 24.3 Å². The molecule has 2 N–H and O–H groups in total. The second-order valence-electron chi connectivity index (χ2n) is 12.8. The second kappa shape index (κ2) is 14.7. The first-order valence-electron chi connectivity index (χ1n) is 16.8. The van der Waals surface area contributed by atoms with Crippen LogP contribution in [0, 0.1) is 0 Å². The second-order valence-corrected chi connectivity index (χ2v) is 12.8. The Morgan fingerprint density at radius 3 is 1.72 bits per heavy atom. The largest absolute Gasteiger partial charge is 0.326 e. The van der Waals surface area contributed by atoms with E-state index in [0.717, 1.165) is 116 Å². The van der Waals surface area contributed by atoms with Crippen LogP contribution in [-0.4, -0.2) is 111 Å². The standard InChI is InChI=1S/C37H47N7O2/c1-4-44-34-27-30(39-36(46)15-17-43-24-20-41(3)21-25-43)11-13-32(34)31-12-10-29(26-33(31)37(44)28-8-6-5-7-9-28)38-35(45)14-16-42-22-18-40(2)19-23-42/h5-13,26-27H,4,14-25H2,1-3H3,(H,38,45)/p+1. The third kappa shape index (κ3) is 7.56. The maximum atomic E-state index is 13.0. The van der Waals surface area contributed by atoms with Crippen molar-refractivity contribution in [2.45, 2.75) is 26.3 Å². The molecule has 3 heterocycles. The fourth-order valence-corrected chi connectivity index (χ4v) is 6.72. The number of nitrogens with zero attached hydrogens (tertiary/aromatic N) is 5. The van der Waals surface area contributed by atoms with E-state index in [9.17, 15) is 9.59 Å². The highest BCUT2D eigenvalue weighted by Crippen LogP contribution is 2.34. The summed E-state index contributed by atoms with van der Waals surface area (Å²) in [5.41, 5.74) is 4.88. The predicted molar refractivity (Wildman–Crippen MR) is 187 cm³/mol. The Kier molecular flexibility index (Phi) is 10.2. The van der Waals surface area contributed by atoms with E-state index in [1.807, 2.05) is 18.2 Å². The Balaban J connectivity index is 1.26. The Hall–Kier alpha value is -3.89. The van der Waals surface area contributed by atoms with Crippen LogP contribution in [0.3, 0.4) is 0 Å². The highest BCUT2D eigenvalue weighted by molar-refractivity contribution is 6.11. The number of hydrogen-bond donors (Lipinski definition) is 2. The number of likely N-dealkylation sites (N-methyl/N-ethyl adjacent to an activating group) is 2. The number of aryl methyl sites for hydroxylation is 1. The number of anilines is 2. The van der Waals surface area contributed by atoms with Gasteiger partial charge in [0.25, 0.3) is 0 Å². The van der Waals surface area contributed by atoms with Gasteiger partial charge in [-0.25, -0.2) is 0 Å². The molecule has 0 unspecified atom stereocenters. The quantitative estimate of drug-likeness (QED) is 0.205. The molecule has 2 fully saturated rings. The van der Waals surface area contributed by atoms with Gasteiger partial charge in [0.1, 0.15) is 6.54 Å². The van der Waals surface area contributed by atoms with Gasteiger partial charge in [0.05, 0.1) is 10.8 Å². The molecular weight excluding hydrogens is 574 g/mol. The summed E-state index contributed by atoms with van der Waals surface area (Å²) >= 11 is 0. The zero-order valence-electron chi connectivity index (χ0n) is 27.6. The van der Waals surface area contributed by atoms with Gasteiger partial charge >= 0.3 is 0 Å². The minimum Gasteiger partial charge on any atom is -0.326 e. The van der Waals surface area contributed by atoms with Crippen LogP contribution < -0.4 is 15.2 Å². The topological polar surface area (TPSA) is 75.0 Å². The van der Waals surface area contributed by atoms with Crippen molar-refractivity contribution in [3.05, 3.63) is 66.7 Å². The molecule has 46 heavy (non-hydrogen) atoms. The minimum absolute atomic E-state index is 0.0386. The molecule has 0 bridgehead atoms. The highest BCUT2D eigenvalue weighted by atomic mass is 16.2. The summed E-state index contributed by atoms with van der Waals surface area (Å²) in [7, 11) is 4.29. The smallest absolute Gasteiger partial charge is 0.225 e. The maximum Gasteiger partial charge on any atom is 0.225 e. The van der Waals surface area contributed by atoms with E-state index >= 15 is 0 Å². The molecule has 9 heteroatoms. The van der Waals surface area contributed by atoms with Crippen molar-refractivity contribution in [2.75, 3.05) is 90.2 Å². The lowest BCUT2D eigenvalue weighted by Gasteiger charge is -2.32. The van der Waals surface area contributed by atoms with Crippen LogP contribution in [0.1, 0.15) is 19.8 Å². The molecule has 9 nitrogen and oxygen atoms in total. The van der Waals surface area contributed by atoms with Crippen molar-refractivity contribution in [2.24, 2.45) is 0 Å². The van der Waals surface area contributed by atoms with E-state index in [-0.39, 0.29) is 11.8 Å². The van der Waals surface area contributed by atoms with Gasteiger partial charge in [-0.05, 0) is 57.4 Å². The van der Waals surface area contributed by atoms with Crippen molar-refractivity contribution < 1.29 is 14.2 Å². The van der Waals surface area contributed by atoms with Gasteiger partial charge < -0.3 is 30.2 Å². The molecule has 3 aromatic carbocycles. The van der Waals surface area contributed by atoms with E-state index in [1.165, 1.54) is 0 Å². The van der Waals surface area contributed by atoms with E-state index in [2.05, 4.69) is 104 Å². The molecule has 6 rings (SSSR count). The molecule has 2 amide bonds. The Bertz CT molecular complexity index is 1680. The van der Waals surface area contributed by atoms with Crippen LogP contribution in [-0.2, 0) is 16.1 Å². The Labute approximate surface area is 272 Å². The van der Waals surface area contributed by atoms with E-state index in [4.69, 9.17) is 0 Å². The molecule has 4 aromatic rings. The fourth-order valence-electron chi connectivity index (χ4n) is 6.72. The molecule has 0 atom stereocenters. The number of rotatable bonds is 10. The third-order valence-corrected chi connectivity index (χ3v) is 9.56. The Morgan fingerprint density at radius 2 is 1.17 bits per heavy atom. The van der Waals surface area contributed by atoms with Gasteiger partial charge in [0, 0.05) is 107 Å². The number of benzene rings is 3. The monoisotopic (exact) mass is 622 g/mol. The fraction of sp³-hybridized carbons (Fsp3) is 0.432. The molecule has 0 saturated carbocycles. The molecule has 2 aliphatic rings. The predicted octanol–water partition coefficient (Wildman–Crippen LogP) is 4.12. The van der Waals surface area contributed by atoms with Crippen LogP contribution in [0.15, 0.2) is 66.7 Å². The normalized spacial score (nSPS) is 17.0. The van der Waals surface area contributed by atoms with Crippen LogP contribution in [0.5, 0.6) is 0 Å². The number of aromatic nitrogens is 1. The zero-order valence-corrected chi connectivity index (χ0v) is 27.6. The SMILES string of the molecule is CC[n+]1c(-c2ccccc2)c2cc(NC(=O)CCN3CCN(C)CC3)ccc2c2ccc(NC(=O)CCN3CCN(C)CC3)cc21. The van der Waals surface area contributed by atoms with Crippen molar-refractivity contribution in [3.63, 3.8) is 0 Å². The van der Waals surface area contributed by atoms with Gasteiger partial charge in [-0.3, -0.25) is 9.59 Å².